The Labute approximate surface area is 171 Å². The van der Waals surface area contributed by atoms with Gasteiger partial charge < -0.3 is 15.4 Å². The van der Waals surface area contributed by atoms with Gasteiger partial charge in [-0.15, -0.1) is 0 Å². The molecule has 2 N–H and O–H groups in total. The van der Waals surface area contributed by atoms with Crippen molar-refractivity contribution in [1.29, 1.82) is 0 Å². The van der Waals surface area contributed by atoms with E-state index in [0.717, 1.165) is 35.5 Å². The van der Waals surface area contributed by atoms with Crippen LogP contribution in [-0.4, -0.2) is 29.5 Å². The molecule has 0 saturated heterocycles. The third-order valence-corrected chi connectivity index (χ3v) is 4.58. The van der Waals surface area contributed by atoms with Crippen LogP contribution in [0.5, 0.6) is 5.75 Å². The first-order chi connectivity index (χ1) is 14.1. The summed E-state index contributed by atoms with van der Waals surface area (Å²) in [5.41, 5.74) is 4.13. The number of hydrogen-bond donors (Lipinski definition) is 2. The predicted molar refractivity (Wildman–Crippen MR) is 116 cm³/mol. The summed E-state index contributed by atoms with van der Waals surface area (Å²) in [6.07, 6.45) is 1.72. The second kappa shape index (κ2) is 9.68. The van der Waals surface area contributed by atoms with Gasteiger partial charge in [-0.3, -0.25) is 4.79 Å². The zero-order valence-corrected chi connectivity index (χ0v) is 17.0. The highest BCUT2D eigenvalue weighted by Crippen LogP contribution is 2.18. The zero-order valence-electron chi connectivity index (χ0n) is 17.0. The number of carbonyl (C=O) groups excluding carboxylic acids is 1. The van der Waals surface area contributed by atoms with Crippen molar-refractivity contribution in [3.05, 3.63) is 77.1 Å². The fourth-order valence-electron chi connectivity index (χ4n) is 3.00. The van der Waals surface area contributed by atoms with E-state index in [4.69, 9.17) is 4.74 Å². The lowest BCUT2D eigenvalue weighted by Crippen LogP contribution is -2.17. The lowest BCUT2D eigenvalue weighted by molar-refractivity contribution is 0.102. The Morgan fingerprint density at radius 2 is 1.83 bits per heavy atom. The number of benzene rings is 2. The molecule has 0 radical (unpaired) electrons. The van der Waals surface area contributed by atoms with Crippen molar-refractivity contribution in [3.63, 3.8) is 0 Å². The van der Waals surface area contributed by atoms with Crippen LogP contribution in [0.3, 0.4) is 0 Å². The lowest BCUT2D eigenvalue weighted by atomic mass is 10.1. The summed E-state index contributed by atoms with van der Waals surface area (Å²) in [5, 5.41) is 6.09. The van der Waals surface area contributed by atoms with Gasteiger partial charge in [0, 0.05) is 17.9 Å². The average Bonchev–Trinajstić information content (AvgIpc) is 2.74. The first-order valence-corrected chi connectivity index (χ1v) is 9.70. The van der Waals surface area contributed by atoms with E-state index in [1.165, 1.54) is 5.56 Å². The van der Waals surface area contributed by atoms with Crippen molar-refractivity contribution < 1.29 is 9.53 Å². The zero-order chi connectivity index (χ0) is 20.6. The molecule has 0 aliphatic heterocycles. The maximum atomic E-state index is 12.6. The van der Waals surface area contributed by atoms with Crippen LogP contribution in [-0.2, 0) is 12.8 Å². The third kappa shape index (κ3) is 5.54. The second-order valence-corrected chi connectivity index (χ2v) is 6.71. The number of aromatic nitrogens is 2. The van der Waals surface area contributed by atoms with Gasteiger partial charge in [0.15, 0.2) is 0 Å². The molecule has 0 aliphatic rings. The second-order valence-electron chi connectivity index (χ2n) is 6.71. The van der Waals surface area contributed by atoms with Crippen molar-refractivity contribution in [2.45, 2.75) is 26.7 Å². The van der Waals surface area contributed by atoms with Crippen LogP contribution in [0.4, 0.5) is 11.6 Å². The first-order valence-electron chi connectivity index (χ1n) is 9.70. The molecule has 3 rings (SSSR count). The maximum absolute atomic E-state index is 12.6. The number of rotatable bonds is 8. The minimum Gasteiger partial charge on any atom is -0.496 e. The minimum atomic E-state index is -0.257. The largest absolute Gasteiger partial charge is 0.496 e. The summed E-state index contributed by atoms with van der Waals surface area (Å²) in [5.74, 6) is 1.03. The Morgan fingerprint density at radius 3 is 2.55 bits per heavy atom. The molecule has 6 heteroatoms. The third-order valence-electron chi connectivity index (χ3n) is 4.58. The van der Waals surface area contributed by atoms with Gasteiger partial charge in [0.1, 0.15) is 11.4 Å². The van der Waals surface area contributed by atoms with E-state index in [9.17, 15) is 4.79 Å². The Bertz CT molecular complexity index is 971. The van der Waals surface area contributed by atoms with E-state index in [0.29, 0.717) is 18.2 Å². The monoisotopic (exact) mass is 390 g/mol. The molecule has 1 heterocycles. The fraction of sp³-hybridized carbons (Fsp3) is 0.261. The van der Waals surface area contributed by atoms with Crippen LogP contribution in [0.2, 0.25) is 0 Å². The topological polar surface area (TPSA) is 76.1 Å². The summed E-state index contributed by atoms with van der Waals surface area (Å²) < 4.78 is 5.38. The van der Waals surface area contributed by atoms with Crippen molar-refractivity contribution in [1.82, 2.24) is 9.97 Å². The number of anilines is 2. The Morgan fingerprint density at radius 1 is 1.07 bits per heavy atom. The fourth-order valence-corrected chi connectivity index (χ4v) is 3.00. The Kier molecular flexibility index (Phi) is 6.79. The summed E-state index contributed by atoms with van der Waals surface area (Å²) in [7, 11) is 1.66. The highest BCUT2D eigenvalue weighted by atomic mass is 16.5. The van der Waals surface area contributed by atoms with E-state index in [-0.39, 0.29) is 5.91 Å². The van der Waals surface area contributed by atoms with Gasteiger partial charge in [-0.1, -0.05) is 37.3 Å². The molecule has 0 atom stereocenters. The molecule has 6 nitrogen and oxygen atoms in total. The lowest BCUT2D eigenvalue weighted by Gasteiger charge is -2.11. The molecule has 0 saturated carbocycles. The van der Waals surface area contributed by atoms with Crippen molar-refractivity contribution in [2.24, 2.45) is 0 Å². The van der Waals surface area contributed by atoms with E-state index < -0.39 is 0 Å². The van der Waals surface area contributed by atoms with Gasteiger partial charge in [-0.2, -0.15) is 0 Å². The van der Waals surface area contributed by atoms with Gasteiger partial charge in [0.2, 0.25) is 5.95 Å². The van der Waals surface area contributed by atoms with Crippen LogP contribution in [0, 0.1) is 6.92 Å². The van der Waals surface area contributed by atoms with Crippen LogP contribution >= 0.6 is 0 Å². The SMILES string of the molecule is CCc1ccc(NC(=O)c2cc(C)nc(NCCc3ccccc3OC)n2)cc1. The normalized spacial score (nSPS) is 10.4. The Hall–Kier alpha value is -3.41. The maximum Gasteiger partial charge on any atom is 0.274 e. The number of para-hydroxylation sites is 1. The molecule has 0 spiro atoms. The number of nitrogens with one attached hydrogen (secondary N) is 2. The number of nitrogens with zero attached hydrogens (tertiary/aromatic N) is 2. The van der Waals surface area contributed by atoms with E-state index in [1.807, 2.05) is 55.5 Å². The number of ether oxygens (including phenoxy) is 1. The van der Waals surface area contributed by atoms with E-state index >= 15 is 0 Å². The summed E-state index contributed by atoms with van der Waals surface area (Å²) in [4.78, 5) is 21.4. The number of methoxy groups -OCH3 is 1. The molecule has 0 unspecified atom stereocenters. The smallest absolute Gasteiger partial charge is 0.274 e. The molecule has 3 aromatic rings. The quantitative estimate of drug-likeness (QED) is 0.601. The van der Waals surface area contributed by atoms with Gasteiger partial charge in [-0.05, 0) is 55.2 Å². The number of amides is 1. The van der Waals surface area contributed by atoms with Gasteiger partial charge in [0.25, 0.3) is 5.91 Å². The molecular formula is C23H26N4O2. The van der Waals surface area contributed by atoms with Crippen LogP contribution in [0.1, 0.15) is 34.2 Å². The summed E-state index contributed by atoms with van der Waals surface area (Å²) >= 11 is 0. The molecule has 0 aliphatic carbocycles. The highest BCUT2D eigenvalue weighted by molar-refractivity contribution is 6.03. The van der Waals surface area contributed by atoms with E-state index in [1.54, 1.807) is 13.2 Å². The number of carbonyl (C=O) groups is 1. The van der Waals surface area contributed by atoms with E-state index in [2.05, 4.69) is 27.5 Å². The molecule has 29 heavy (non-hydrogen) atoms. The van der Waals surface area contributed by atoms with Crippen LogP contribution < -0.4 is 15.4 Å². The first kappa shape index (κ1) is 20.3. The van der Waals surface area contributed by atoms with Crippen molar-refractivity contribution in [2.75, 3.05) is 24.3 Å². The molecule has 0 bridgehead atoms. The minimum absolute atomic E-state index is 0.257. The molecular weight excluding hydrogens is 364 g/mol. The average molecular weight is 390 g/mol. The summed E-state index contributed by atoms with van der Waals surface area (Å²) in [6, 6.07) is 17.4. The Balaban J connectivity index is 1.64. The standard InChI is InChI=1S/C23H26N4O2/c1-4-17-9-11-19(12-10-17)26-22(28)20-15-16(2)25-23(27-20)24-14-13-18-7-5-6-8-21(18)29-3/h5-12,15H,4,13-14H2,1-3H3,(H,26,28)(H,24,25,27). The highest BCUT2D eigenvalue weighted by Gasteiger charge is 2.11. The van der Waals surface area contributed by atoms with Gasteiger partial charge in [-0.25, -0.2) is 9.97 Å². The van der Waals surface area contributed by atoms with Crippen molar-refractivity contribution in [3.8, 4) is 5.75 Å². The molecule has 150 valence electrons. The van der Waals surface area contributed by atoms with Crippen LogP contribution in [0.15, 0.2) is 54.6 Å². The predicted octanol–water partition coefficient (Wildman–Crippen LogP) is 4.26. The molecule has 0 fully saturated rings. The number of hydrogen-bond acceptors (Lipinski definition) is 5. The van der Waals surface area contributed by atoms with Crippen molar-refractivity contribution >= 4 is 17.5 Å². The summed E-state index contributed by atoms with van der Waals surface area (Å²) in [6.45, 7) is 4.57. The van der Waals surface area contributed by atoms with Crippen LogP contribution in [0.25, 0.3) is 0 Å². The van der Waals surface area contributed by atoms with Gasteiger partial charge >= 0.3 is 0 Å². The van der Waals surface area contributed by atoms with Gasteiger partial charge in [0.05, 0.1) is 7.11 Å². The number of aryl methyl sites for hydroxylation is 2. The molecule has 1 amide bonds. The molecule has 2 aromatic carbocycles. The molecule has 1 aromatic heterocycles.